The molecular weight excluding hydrogens is 190 g/mol. The van der Waals surface area contributed by atoms with Crippen molar-refractivity contribution in [1.29, 1.82) is 0 Å². The van der Waals surface area contributed by atoms with E-state index in [0.717, 1.165) is 0 Å². The fraction of sp³-hybridized carbons (Fsp3) is 0.429. The maximum atomic E-state index is 11.4. The number of aromatic nitrogens is 2. The summed E-state index contributed by atoms with van der Waals surface area (Å²) >= 11 is 0. The van der Waals surface area contributed by atoms with Gasteiger partial charge in [0.2, 0.25) is 9.84 Å². The predicted octanol–water partition coefficient (Wildman–Crippen LogP) is -0.425. The Bertz CT molecular complexity index is 369. The fourth-order valence-corrected chi connectivity index (χ4v) is 1.93. The normalized spacial score (nSPS) is 11.8. The third kappa shape index (κ3) is 2.53. The molecule has 1 aromatic rings. The summed E-state index contributed by atoms with van der Waals surface area (Å²) < 4.78 is 24.5. The number of nitrogens with one attached hydrogen (secondary N) is 1. The van der Waals surface area contributed by atoms with E-state index in [2.05, 4.69) is 17.2 Å². The second-order valence-electron chi connectivity index (χ2n) is 2.64. The zero-order chi connectivity index (χ0) is 9.90. The van der Waals surface area contributed by atoms with E-state index in [1.165, 1.54) is 12.5 Å². The van der Waals surface area contributed by atoms with E-state index in [0.29, 0.717) is 6.54 Å². The van der Waals surface area contributed by atoms with E-state index in [1.807, 2.05) is 0 Å². The Morgan fingerprint density at radius 3 is 2.85 bits per heavy atom. The van der Waals surface area contributed by atoms with Crippen LogP contribution in [0.2, 0.25) is 0 Å². The first kappa shape index (κ1) is 10.2. The van der Waals surface area contributed by atoms with Crippen LogP contribution in [0.4, 0.5) is 0 Å². The summed E-state index contributed by atoms with van der Waals surface area (Å²) in [6.07, 6.45) is 2.93. The van der Waals surface area contributed by atoms with Gasteiger partial charge in [0.1, 0.15) is 5.88 Å². The van der Waals surface area contributed by atoms with Crippen molar-refractivity contribution in [3.8, 4) is 0 Å². The molecule has 1 radical (unpaired) electrons. The first-order chi connectivity index (χ1) is 6.06. The van der Waals surface area contributed by atoms with Gasteiger partial charge >= 0.3 is 0 Å². The summed E-state index contributed by atoms with van der Waals surface area (Å²) in [5.41, 5.74) is 0. The van der Waals surface area contributed by atoms with Crippen molar-refractivity contribution in [3.05, 3.63) is 19.4 Å². The van der Waals surface area contributed by atoms with Gasteiger partial charge in [0.15, 0.2) is 5.03 Å². The Kier molecular flexibility index (Phi) is 3.05. The molecule has 0 spiro atoms. The predicted molar refractivity (Wildman–Crippen MR) is 48.6 cm³/mol. The molecule has 0 aromatic carbocycles. The van der Waals surface area contributed by atoms with Crippen molar-refractivity contribution in [3.63, 3.8) is 0 Å². The topological polar surface area (TPSA) is 64.0 Å². The lowest BCUT2D eigenvalue weighted by Crippen LogP contribution is -2.23. The van der Waals surface area contributed by atoms with E-state index in [4.69, 9.17) is 0 Å². The minimum Gasteiger partial charge on any atom is -0.339 e. The third-order valence-corrected chi connectivity index (χ3v) is 2.90. The second-order valence-corrected chi connectivity index (χ2v) is 4.57. The maximum absolute atomic E-state index is 11.4. The summed E-state index contributed by atoms with van der Waals surface area (Å²) in [6.45, 7) is 3.87. The molecule has 1 rings (SSSR count). The highest BCUT2D eigenvalue weighted by Gasteiger charge is 2.15. The van der Waals surface area contributed by atoms with Crippen molar-refractivity contribution < 1.29 is 8.42 Å². The fourth-order valence-electron chi connectivity index (χ4n) is 0.830. The lowest BCUT2D eigenvalue weighted by molar-refractivity contribution is 0.586. The monoisotopic (exact) mass is 202 g/mol. The molecule has 0 bridgehead atoms. The van der Waals surface area contributed by atoms with Crippen LogP contribution in [0.1, 0.15) is 0 Å². The summed E-state index contributed by atoms with van der Waals surface area (Å²) in [4.78, 5) is 3.75. The van der Waals surface area contributed by atoms with E-state index >= 15 is 0 Å². The second kappa shape index (κ2) is 3.89. The number of hydrogen-bond acceptors (Lipinski definition) is 4. The molecule has 13 heavy (non-hydrogen) atoms. The van der Waals surface area contributed by atoms with Gasteiger partial charge in [-0.05, 0) is 13.5 Å². The minimum atomic E-state index is -3.28. The lowest BCUT2D eigenvalue weighted by Gasteiger charge is -2.00. The molecule has 6 heteroatoms. The molecule has 5 nitrogen and oxygen atoms in total. The molecule has 73 valence electrons. The van der Waals surface area contributed by atoms with Gasteiger partial charge in [-0.2, -0.15) is 0 Å². The maximum Gasteiger partial charge on any atom is 0.210 e. The first-order valence-corrected chi connectivity index (χ1v) is 5.42. The van der Waals surface area contributed by atoms with E-state index < -0.39 is 9.84 Å². The molecule has 1 heterocycles. The van der Waals surface area contributed by atoms with Gasteiger partial charge in [0, 0.05) is 13.2 Å². The minimum absolute atomic E-state index is 0.0935. The molecule has 1 N–H and O–H groups in total. The number of hydrogen-bond donors (Lipinski definition) is 1. The van der Waals surface area contributed by atoms with Gasteiger partial charge in [-0.15, -0.1) is 0 Å². The number of rotatable bonds is 4. The molecule has 0 saturated heterocycles. The van der Waals surface area contributed by atoms with Gasteiger partial charge in [-0.1, -0.05) is 0 Å². The van der Waals surface area contributed by atoms with Crippen molar-refractivity contribution >= 4 is 9.84 Å². The quantitative estimate of drug-likeness (QED) is 0.720. The van der Waals surface area contributed by atoms with Gasteiger partial charge in [-0.3, -0.25) is 0 Å². The van der Waals surface area contributed by atoms with Crippen LogP contribution in [0.25, 0.3) is 0 Å². The van der Waals surface area contributed by atoms with Crippen molar-refractivity contribution in [2.24, 2.45) is 7.05 Å². The Morgan fingerprint density at radius 1 is 1.69 bits per heavy atom. The highest BCUT2D eigenvalue weighted by molar-refractivity contribution is 7.91. The molecule has 0 aliphatic carbocycles. The van der Waals surface area contributed by atoms with Crippen LogP contribution in [0.5, 0.6) is 0 Å². The summed E-state index contributed by atoms with van der Waals surface area (Å²) in [6, 6.07) is 0. The van der Waals surface area contributed by atoms with Crippen LogP contribution in [-0.4, -0.2) is 30.4 Å². The number of nitrogens with zero attached hydrogens (tertiary/aromatic N) is 2. The first-order valence-electron chi connectivity index (χ1n) is 3.77. The Morgan fingerprint density at radius 2 is 2.38 bits per heavy atom. The summed E-state index contributed by atoms with van der Waals surface area (Å²) in [5.74, 6) is -0.118. The standard InChI is InChI=1S/C7H12N3O2S/c1-3-8-6-13(11,12)7-4-10(2)5-9-7/h4-5,8H,1,3,6H2,2H3. The largest absolute Gasteiger partial charge is 0.339 e. The van der Waals surface area contributed by atoms with Crippen LogP contribution < -0.4 is 5.32 Å². The zero-order valence-corrected chi connectivity index (χ0v) is 8.21. The Hall–Kier alpha value is -0.880. The SMILES string of the molecule is [CH2]CNCS(=O)(=O)c1cn(C)cn1. The van der Waals surface area contributed by atoms with Crippen LogP contribution in [0.15, 0.2) is 17.6 Å². The van der Waals surface area contributed by atoms with E-state index in [-0.39, 0.29) is 10.9 Å². The summed E-state index contributed by atoms with van der Waals surface area (Å²) in [7, 11) is -1.56. The molecule has 0 amide bonds. The van der Waals surface area contributed by atoms with Gasteiger partial charge in [0.05, 0.1) is 6.33 Å². The summed E-state index contributed by atoms with van der Waals surface area (Å²) in [5, 5.41) is 2.74. The number of sulfone groups is 1. The van der Waals surface area contributed by atoms with Crippen LogP contribution in [-0.2, 0) is 16.9 Å². The highest BCUT2D eigenvalue weighted by Crippen LogP contribution is 2.05. The van der Waals surface area contributed by atoms with Crippen LogP contribution in [0, 0.1) is 6.92 Å². The molecule has 0 aliphatic heterocycles. The number of imidazole rings is 1. The van der Waals surface area contributed by atoms with Crippen molar-refractivity contribution in [1.82, 2.24) is 14.9 Å². The Balaban J connectivity index is 2.82. The van der Waals surface area contributed by atoms with Crippen LogP contribution >= 0.6 is 0 Å². The molecule has 0 atom stereocenters. The van der Waals surface area contributed by atoms with E-state index in [1.54, 1.807) is 11.6 Å². The van der Waals surface area contributed by atoms with E-state index in [9.17, 15) is 8.42 Å². The Labute approximate surface area is 77.7 Å². The molecule has 0 aliphatic rings. The van der Waals surface area contributed by atoms with Gasteiger partial charge < -0.3 is 9.88 Å². The van der Waals surface area contributed by atoms with Gasteiger partial charge in [0.25, 0.3) is 0 Å². The number of aryl methyl sites for hydroxylation is 1. The molecular formula is C7H12N3O2S. The third-order valence-electron chi connectivity index (χ3n) is 1.47. The van der Waals surface area contributed by atoms with Crippen LogP contribution in [0.3, 0.4) is 0 Å². The van der Waals surface area contributed by atoms with Crippen molar-refractivity contribution in [2.75, 3.05) is 12.4 Å². The molecule has 1 aromatic heterocycles. The smallest absolute Gasteiger partial charge is 0.210 e. The average molecular weight is 202 g/mol. The highest BCUT2D eigenvalue weighted by atomic mass is 32.2. The molecule has 0 fully saturated rings. The van der Waals surface area contributed by atoms with Gasteiger partial charge in [-0.25, -0.2) is 13.4 Å². The molecule has 0 unspecified atom stereocenters. The zero-order valence-electron chi connectivity index (χ0n) is 7.40. The average Bonchev–Trinajstić information content (AvgIpc) is 2.49. The molecule has 0 saturated carbocycles. The van der Waals surface area contributed by atoms with Crippen molar-refractivity contribution in [2.45, 2.75) is 5.03 Å². The lowest BCUT2D eigenvalue weighted by atomic mass is 10.8.